The van der Waals surface area contributed by atoms with Crippen LogP contribution in [0.4, 0.5) is 0 Å². The molecular formula is C13H16BrClN2O. The summed E-state index contributed by atoms with van der Waals surface area (Å²) in [6.45, 7) is 3.95. The lowest BCUT2D eigenvalue weighted by molar-refractivity contribution is 0.0781. The molecule has 1 aromatic rings. The molecule has 2 atom stereocenters. The van der Waals surface area contributed by atoms with Gasteiger partial charge in [-0.05, 0) is 36.1 Å². The highest BCUT2D eigenvalue weighted by atomic mass is 79.9. The maximum absolute atomic E-state index is 12.3. The number of hydrogen-bond acceptors (Lipinski definition) is 2. The van der Waals surface area contributed by atoms with Crippen molar-refractivity contribution in [2.24, 2.45) is 11.8 Å². The van der Waals surface area contributed by atoms with Gasteiger partial charge in [0.1, 0.15) is 0 Å². The third kappa shape index (κ3) is 2.56. The Morgan fingerprint density at radius 3 is 2.28 bits per heavy atom. The zero-order chi connectivity index (χ0) is 11.8. The summed E-state index contributed by atoms with van der Waals surface area (Å²) >= 11 is 3.38. The number of carbonyl (C=O) groups is 1. The van der Waals surface area contributed by atoms with E-state index in [0.29, 0.717) is 11.8 Å². The number of likely N-dealkylation sites (tertiary alicyclic amines) is 1. The third-order valence-electron chi connectivity index (χ3n) is 3.77. The summed E-state index contributed by atoms with van der Waals surface area (Å²) in [5.41, 5.74) is 0.793. The molecule has 0 unspecified atom stereocenters. The van der Waals surface area contributed by atoms with E-state index in [1.807, 2.05) is 29.2 Å². The van der Waals surface area contributed by atoms with E-state index in [2.05, 4.69) is 21.2 Å². The summed E-state index contributed by atoms with van der Waals surface area (Å²) in [4.78, 5) is 14.3. The summed E-state index contributed by atoms with van der Waals surface area (Å²) in [5, 5.41) is 3.39. The van der Waals surface area contributed by atoms with Crippen LogP contribution in [0.25, 0.3) is 0 Å². The molecule has 5 heteroatoms. The second-order valence-electron chi connectivity index (χ2n) is 4.90. The second-order valence-corrected chi connectivity index (χ2v) is 5.81. The van der Waals surface area contributed by atoms with Crippen LogP contribution in [-0.4, -0.2) is 37.0 Å². The Morgan fingerprint density at radius 2 is 1.72 bits per heavy atom. The number of amides is 1. The maximum Gasteiger partial charge on any atom is 0.253 e. The molecule has 3 rings (SSSR count). The molecule has 2 heterocycles. The first-order chi connectivity index (χ1) is 8.24. The minimum absolute atomic E-state index is 0. The van der Waals surface area contributed by atoms with E-state index >= 15 is 0 Å². The van der Waals surface area contributed by atoms with E-state index in [9.17, 15) is 4.79 Å². The number of nitrogens with one attached hydrogen (secondary N) is 1. The highest BCUT2D eigenvalue weighted by Crippen LogP contribution is 2.27. The van der Waals surface area contributed by atoms with Crippen LogP contribution in [0, 0.1) is 11.8 Å². The van der Waals surface area contributed by atoms with Crippen molar-refractivity contribution < 1.29 is 4.79 Å². The lowest BCUT2D eigenvalue weighted by atomic mass is 10.0. The van der Waals surface area contributed by atoms with Crippen molar-refractivity contribution in [3.05, 3.63) is 34.3 Å². The van der Waals surface area contributed by atoms with Crippen LogP contribution in [0.1, 0.15) is 10.4 Å². The average Bonchev–Trinajstić information content (AvgIpc) is 2.89. The van der Waals surface area contributed by atoms with E-state index in [-0.39, 0.29) is 18.3 Å². The quantitative estimate of drug-likeness (QED) is 0.855. The monoisotopic (exact) mass is 330 g/mol. The van der Waals surface area contributed by atoms with Crippen molar-refractivity contribution in [3.63, 3.8) is 0 Å². The van der Waals surface area contributed by atoms with Gasteiger partial charge in [0, 0.05) is 36.2 Å². The molecule has 98 valence electrons. The van der Waals surface area contributed by atoms with Crippen LogP contribution in [-0.2, 0) is 0 Å². The van der Waals surface area contributed by atoms with E-state index < -0.39 is 0 Å². The van der Waals surface area contributed by atoms with E-state index in [0.717, 1.165) is 36.2 Å². The molecule has 1 N–H and O–H groups in total. The molecule has 2 saturated heterocycles. The minimum atomic E-state index is 0. The zero-order valence-corrected chi connectivity index (χ0v) is 12.3. The van der Waals surface area contributed by atoms with Gasteiger partial charge in [0.2, 0.25) is 0 Å². The van der Waals surface area contributed by atoms with Crippen molar-refractivity contribution in [1.82, 2.24) is 10.2 Å². The lowest BCUT2D eigenvalue weighted by Gasteiger charge is -2.17. The Morgan fingerprint density at radius 1 is 1.17 bits per heavy atom. The standard InChI is InChI=1S/C13H15BrN2O.ClH/c14-12-3-1-9(2-4-12)13(17)16-7-10-5-15-6-11(10)8-16;/h1-4,10-11,15H,5-8H2;1H/t10-,11+;. The van der Waals surface area contributed by atoms with Crippen LogP contribution >= 0.6 is 28.3 Å². The topological polar surface area (TPSA) is 32.3 Å². The largest absolute Gasteiger partial charge is 0.338 e. The first-order valence-electron chi connectivity index (χ1n) is 5.99. The molecule has 0 radical (unpaired) electrons. The molecule has 0 aromatic heterocycles. The van der Waals surface area contributed by atoms with E-state index in [1.54, 1.807) is 0 Å². The van der Waals surface area contributed by atoms with Gasteiger partial charge in [0.15, 0.2) is 0 Å². The van der Waals surface area contributed by atoms with Gasteiger partial charge >= 0.3 is 0 Å². The number of nitrogens with zero attached hydrogens (tertiary/aromatic N) is 1. The predicted octanol–water partition coefficient (Wildman–Crippen LogP) is 2.16. The molecule has 18 heavy (non-hydrogen) atoms. The molecule has 2 aliphatic rings. The zero-order valence-electron chi connectivity index (χ0n) is 9.93. The number of benzene rings is 1. The molecule has 0 spiro atoms. The fourth-order valence-corrected chi connectivity index (χ4v) is 3.06. The molecule has 1 amide bonds. The summed E-state index contributed by atoms with van der Waals surface area (Å²) in [6, 6.07) is 7.62. The normalized spacial score (nSPS) is 25.7. The van der Waals surface area contributed by atoms with Crippen molar-refractivity contribution in [1.29, 1.82) is 0 Å². The van der Waals surface area contributed by atoms with Crippen molar-refractivity contribution in [3.8, 4) is 0 Å². The van der Waals surface area contributed by atoms with Crippen LogP contribution in [0.5, 0.6) is 0 Å². The summed E-state index contributed by atoms with van der Waals surface area (Å²) < 4.78 is 1.01. The van der Waals surface area contributed by atoms with Crippen LogP contribution < -0.4 is 5.32 Å². The van der Waals surface area contributed by atoms with Crippen LogP contribution in [0.2, 0.25) is 0 Å². The van der Waals surface area contributed by atoms with E-state index in [1.165, 1.54) is 0 Å². The fraction of sp³-hybridized carbons (Fsp3) is 0.462. The SMILES string of the molecule is Cl.O=C(c1ccc(Br)cc1)N1C[C@H]2CNC[C@H]2C1. The Balaban J connectivity index is 0.00000120. The summed E-state index contributed by atoms with van der Waals surface area (Å²) in [5.74, 6) is 1.50. The van der Waals surface area contributed by atoms with Gasteiger partial charge in [0.25, 0.3) is 5.91 Å². The number of carbonyl (C=O) groups excluding carboxylic acids is 1. The van der Waals surface area contributed by atoms with Gasteiger partial charge in [-0.2, -0.15) is 0 Å². The molecule has 0 saturated carbocycles. The van der Waals surface area contributed by atoms with Crippen molar-refractivity contribution in [2.45, 2.75) is 0 Å². The Bertz CT molecular complexity index is 425. The Labute approximate surface area is 121 Å². The summed E-state index contributed by atoms with van der Waals surface area (Å²) in [7, 11) is 0. The van der Waals surface area contributed by atoms with Gasteiger partial charge in [-0.25, -0.2) is 0 Å². The lowest BCUT2D eigenvalue weighted by Crippen LogP contribution is -2.31. The van der Waals surface area contributed by atoms with Gasteiger partial charge in [-0.3, -0.25) is 4.79 Å². The fourth-order valence-electron chi connectivity index (χ4n) is 2.80. The number of fused-ring (bicyclic) bond motifs is 1. The first kappa shape index (κ1) is 13.8. The highest BCUT2D eigenvalue weighted by Gasteiger charge is 2.38. The van der Waals surface area contributed by atoms with Gasteiger partial charge in [0.05, 0.1) is 0 Å². The smallest absolute Gasteiger partial charge is 0.253 e. The predicted molar refractivity (Wildman–Crippen MR) is 77.1 cm³/mol. The van der Waals surface area contributed by atoms with Crippen LogP contribution in [0.3, 0.4) is 0 Å². The molecule has 1 aromatic carbocycles. The third-order valence-corrected chi connectivity index (χ3v) is 4.30. The summed E-state index contributed by atoms with van der Waals surface area (Å²) in [6.07, 6.45) is 0. The average molecular weight is 332 g/mol. The van der Waals surface area contributed by atoms with Crippen molar-refractivity contribution >= 4 is 34.2 Å². The minimum Gasteiger partial charge on any atom is -0.338 e. The maximum atomic E-state index is 12.3. The molecule has 3 nitrogen and oxygen atoms in total. The highest BCUT2D eigenvalue weighted by molar-refractivity contribution is 9.10. The Kier molecular flexibility index (Phi) is 4.30. The molecule has 2 aliphatic heterocycles. The number of halogens is 2. The van der Waals surface area contributed by atoms with Gasteiger partial charge in [-0.15, -0.1) is 12.4 Å². The first-order valence-corrected chi connectivity index (χ1v) is 6.79. The van der Waals surface area contributed by atoms with Gasteiger partial charge < -0.3 is 10.2 Å². The molecule has 0 bridgehead atoms. The molecule has 0 aliphatic carbocycles. The van der Waals surface area contributed by atoms with E-state index in [4.69, 9.17) is 0 Å². The Hall–Kier alpha value is -0.580. The number of hydrogen-bond donors (Lipinski definition) is 1. The van der Waals surface area contributed by atoms with Gasteiger partial charge in [-0.1, -0.05) is 15.9 Å². The molecular weight excluding hydrogens is 316 g/mol. The van der Waals surface area contributed by atoms with Crippen LogP contribution in [0.15, 0.2) is 28.7 Å². The van der Waals surface area contributed by atoms with Crippen molar-refractivity contribution in [2.75, 3.05) is 26.2 Å². The molecule has 2 fully saturated rings. The number of rotatable bonds is 1. The second kappa shape index (κ2) is 5.59.